The molecule has 0 amide bonds. The van der Waals surface area contributed by atoms with Gasteiger partial charge in [0.1, 0.15) is 5.75 Å². The molecule has 0 fully saturated rings. The summed E-state index contributed by atoms with van der Waals surface area (Å²) in [6, 6.07) is 2.00. The molecule has 17 heavy (non-hydrogen) atoms. The summed E-state index contributed by atoms with van der Waals surface area (Å²) < 4.78 is 5.46. The van der Waals surface area contributed by atoms with E-state index in [2.05, 4.69) is 18.8 Å². The van der Waals surface area contributed by atoms with Gasteiger partial charge in [0.2, 0.25) is 0 Å². The number of hydrogen-bond donors (Lipinski definition) is 0. The van der Waals surface area contributed by atoms with Crippen molar-refractivity contribution in [1.29, 1.82) is 0 Å². The molecule has 92 valence electrons. The summed E-state index contributed by atoms with van der Waals surface area (Å²) in [4.78, 5) is 0. The minimum absolute atomic E-state index is 0.329. The molecule has 0 spiro atoms. The van der Waals surface area contributed by atoms with Gasteiger partial charge in [0.25, 0.3) is 0 Å². The quantitative estimate of drug-likeness (QED) is 0.719. The molecule has 1 rings (SSSR count). The first-order valence-corrected chi connectivity index (χ1v) is 6.13. The van der Waals surface area contributed by atoms with Crippen molar-refractivity contribution in [2.75, 3.05) is 7.11 Å². The van der Waals surface area contributed by atoms with E-state index in [0.717, 1.165) is 28.3 Å². The summed E-state index contributed by atoms with van der Waals surface area (Å²) in [6.07, 6.45) is 0.826. The smallest absolute Gasteiger partial charge is 0.122 e. The van der Waals surface area contributed by atoms with Crippen LogP contribution in [-0.4, -0.2) is 7.11 Å². The van der Waals surface area contributed by atoms with Gasteiger partial charge in [0.15, 0.2) is 0 Å². The summed E-state index contributed by atoms with van der Waals surface area (Å²) in [6.45, 7) is 8.06. The third kappa shape index (κ3) is 2.96. The van der Waals surface area contributed by atoms with Crippen LogP contribution in [0.25, 0.3) is 0 Å². The summed E-state index contributed by atoms with van der Waals surface area (Å²) in [5.74, 6) is 7.28. The Morgan fingerprint density at radius 3 is 2.59 bits per heavy atom. The Bertz CT molecular complexity index is 466. The zero-order valence-corrected chi connectivity index (χ0v) is 11.9. The molecule has 0 radical (unpaired) electrons. The van der Waals surface area contributed by atoms with Gasteiger partial charge in [-0.25, -0.2) is 0 Å². The van der Waals surface area contributed by atoms with Gasteiger partial charge in [0.05, 0.1) is 7.11 Å². The Hall–Kier alpha value is -1.13. The van der Waals surface area contributed by atoms with Crippen LogP contribution < -0.4 is 4.74 Å². The molecule has 1 atom stereocenters. The van der Waals surface area contributed by atoms with Crippen LogP contribution in [0.3, 0.4) is 0 Å². The minimum atomic E-state index is 0.329. The molecule has 0 aliphatic rings. The van der Waals surface area contributed by atoms with E-state index in [1.807, 2.05) is 26.8 Å². The Morgan fingerprint density at radius 2 is 2.06 bits per heavy atom. The first kappa shape index (κ1) is 13.9. The topological polar surface area (TPSA) is 9.23 Å². The standard InChI is InChI=1S/C15H19ClO/c1-6-7-8-10(2)14-12(4)15(16)11(3)9-13(14)17-5/h9-10H,8H2,1-5H3. The molecule has 1 aromatic rings. The van der Waals surface area contributed by atoms with Crippen molar-refractivity contribution in [3.63, 3.8) is 0 Å². The summed E-state index contributed by atoms with van der Waals surface area (Å²) in [7, 11) is 1.70. The second kappa shape index (κ2) is 5.98. The molecule has 0 N–H and O–H groups in total. The first-order chi connectivity index (χ1) is 8.02. The van der Waals surface area contributed by atoms with Crippen LogP contribution in [0.5, 0.6) is 5.75 Å². The van der Waals surface area contributed by atoms with Crippen molar-refractivity contribution < 1.29 is 4.74 Å². The summed E-state index contributed by atoms with van der Waals surface area (Å²) >= 11 is 6.30. The van der Waals surface area contributed by atoms with Crippen LogP contribution >= 0.6 is 11.6 Å². The molecule has 0 heterocycles. The van der Waals surface area contributed by atoms with Gasteiger partial charge in [-0.2, -0.15) is 0 Å². The highest BCUT2D eigenvalue weighted by molar-refractivity contribution is 6.32. The first-order valence-electron chi connectivity index (χ1n) is 5.76. The van der Waals surface area contributed by atoms with E-state index >= 15 is 0 Å². The predicted molar refractivity (Wildman–Crippen MR) is 74.0 cm³/mol. The molecular formula is C15H19ClO. The van der Waals surface area contributed by atoms with E-state index in [-0.39, 0.29) is 0 Å². The Labute approximate surface area is 109 Å². The normalized spacial score (nSPS) is 11.6. The molecule has 1 aromatic carbocycles. The summed E-state index contributed by atoms with van der Waals surface area (Å²) in [5, 5.41) is 0.831. The van der Waals surface area contributed by atoms with E-state index in [1.165, 1.54) is 5.56 Å². The van der Waals surface area contributed by atoms with Crippen LogP contribution in [0.1, 0.15) is 42.9 Å². The maximum atomic E-state index is 6.30. The third-order valence-corrected chi connectivity index (χ3v) is 3.57. The second-order valence-electron chi connectivity index (χ2n) is 4.28. The highest BCUT2D eigenvalue weighted by atomic mass is 35.5. The molecule has 1 unspecified atom stereocenters. The van der Waals surface area contributed by atoms with Gasteiger partial charge in [-0.1, -0.05) is 18.5 Å². The van der Waals surface area contributed by atoms with E-state index in [0.29, 0.717) is 5.92 Å². The van der Waals surface area contributed by atoms with E-state index in [9.17, 15) is 0 Å². The summed E-state index contributed by atoms with van der Waals surface area (Å²) in [5.41, 5.74) is 3.33. The zero-order valence-electron chi connectivity index (χ0n) is 11.1. The molecule has 0 saturated heterocycles. The number of halogens is 1. The lowest BCUT2D eigenvalue weighted by atomic mass is 9.91. The van der Waals surface area contributed by atoms with Crippen molar-refractivity contribution in [3.05, 3.63) is 27.8 Å². The average molecular weight is 251 g/mol. The Kier molecular flexibility index (Phi) is 4.90. The molecule has 1 nitrogen and oxygen atoms in total. The van der Waals surface area contributed by atoms with Crippen molar-refractivity contribution in [1.82, 2.24) is 0 Å². The van der Waals surface area contributed by atoms with Crippen LogP contribution in [0.2, 0.25) is 5.02 Å². The number of aryl methyl sites for hydroxylation is 1. The lowest BCUT2D eigenvalue weighted by Crippen LogP contribution is -2.02. The predicted octanol–water partition coefficient (Wildman–Crippen LogP) is 4.48. The van der Waals surface area contributed by atoms with Gasteiger partial charge < -0.3 is 4.74 Å². The third-order valence-electron chi connectivity index (χ3n) is 2.99. The molecule has 0 aliphatic heterocycles. The lowest BCUT2D eigenvalue weighted by molar-refractivity contribution is 0.406. The van der Waals surface area contributed by atoms with Gasteiger partial charge in [-0.15, -0.1) is 11.8 Å². The lowest BCUT2D eigenvalue weighted by Gasteiger charge is -2.19. The number of benzene rings is 1. The number of ether oxygens (including phenoxy) is 1. The molecule has 0 saturated carbocycles. The maximum absolute atomic E-state index is 6.30. The van der Waals surface area contributed by atoms with Crippen LogP contribution in [-0.2, 0) is 0 Å². The van der Waals surface area contributed by atoms with Gasteiger partial charge in [0, 0.05) is 17.0 Å². The number of methoxy groups -OCH3 is 1. The number of hydrogen-bond acceptors (Lipinski definition) is 1. The van der Waals surface area contributed by atoms with Gasteiger partial charge in [-0.3, -0.25) is 0 Å². The highest BCUT2D eigenvalue weighted by Gasteiger charge is 2.17. The van der Waals surface area contributed by atoms with E-state index < -0.39 is 0 Å². The van der Waals surface area contributed by atoms with Crippen LogP contribution in [0.15, 0.2) is 6.07 Å². The Morgan fingerprint density at radius 1 is 1.41 bits per heavy atom. The fourth-order valence-electron chi connectivity index (χ4n) is 2.08. The maximum Gasteiger partial charge on any atom is 0.122 e. The fourth-order valence-corrected chi connectivity index (χ4v) is 2.23. The second-order valence-corrected chi connectivity index (χ2v) is 4.66. The monoisotopic (exact) mass is 250 g/mol. The SMILES string of the molecule is CC#CCC(C)c1c(OC)cc(C)c(Cl)c1C. The highest BCUT2D eigenvalue weighted by Crippen LogP contribution is 2.37. The van der Waals surface area contributed by atoms with Gasteiger partial charge in [-0.05, 0) is 43.9 Å². The number of rotatable bonds is 3. The molecular weight excluding hydrogens is 232 g/mol. The van der Waals surface area contributed by atoms with Crippen molar-refractivity contribution in [2.45, 2.75) is 40.0 Å². The molecule has 0 bridgehead atoms. The largest absolute Gasteiger partial charge is 0.496 e. The van der Waals surface area contributed by atoms with E-state index in [4.69, 9.17) is 16.3 Å². The van der Waals surface area contributed by atoms with Crippen molar-refractivity contribution >= 4 is 11.6 Å². The zero-order chi connectivity index (χ0) is 13.0. The Balaban J connectivity index is 3.28. The minimum Gasteiger partial charge on any atom is -0.496 e. The molecule has 0 aromatic heterocycles. The van der Waals surface area contributed by atoms with Crippen LogP contribution in [0.4, 0.5) is 0 Å². The molecule has 2 heteroatoms. The van der Waals surface area contributed by atoms with Crippen LogP contribution in [0, 0.1) is 25.7 Å². The van der Waals surface area contributed by atoms with E-state index in [1.54, 1.807) is 7.11 Å². The molecule has 0 aliphatic carbocycles. The average Bonchev–Trinajstić information content (AvgIpc) is 2.32. The van der Waals surface area contributed by atoms with Crippen molar-refractivity contribution in [2.24, 2.45) is 0 Å². The van der Waals surface area contributed by atoms with Crippen molar-refractivity contribution in [3.8, 4) is 17.6 Å². The van der Waals surface area contributed by atoms with Gasteiger partial charge >= 0.3 is 0 Å². The fraction of sp³-hybridized carbons (Fsp3) is 0.467.